The molecule has 2 unspecified atom stereocenters. The maximum atomic E-state index is 13.7. The van der Waals surface area contributed by atoms with Gasteiger partial charge in [0.15, 0.2) is 0 Å². The fourth-order valence-electron chi connectivity index (χ4n) is 6.05. The van der Waals surface area contributed by atoms with Crippen LogP contribution in [0.25, 0.3) is 22.3 Å². The molecule has 0 aliphatic carbocycles. The average Bonchev–Trinajstić information content (AvgIpc) is 3.55. The van der Waals surface area contributed by atoms with Crippen molar-refractivity contribution in [1.82, 2.24) is 30.0 Å². The largest absolute Gasteiger partial charge is 0.481 e. The van der Waals surface area contributed by atoms with E-state index >= 15 is 0 Å². The van der Waals surface area contributed by atoms with Gasteiger partial charge in [-0.15, -0.1) is 0 Å². The smallest absolute Gasteiger partial charge is 0.416 e. The third kappa shape index (κ3) is 6.71. The Balaban J connectivity index is 1.42. The van der Waals surface area contributed by atoms with E-state index in [1.165, 1.54) is 18.9 Å². The molecule has 0 spiro atoms. The van der Waals surface area contributed by atoms with Crippen molar-refractivity contribution in [3.05, 3.63) is 70.4 Å². The number of carbonyl (C=O) groups excluding carboxylic acids is 1. The molecule has 11 nitrogen and oxygen atoms in total. The molecule has 0 radical (unpaired) electrons. The van der Waals surface area contributed by atoms with Crippen LogP contribution in [0.2, 0.25) is 0 Å². The number of hydrogen-bond acceptors (Lipinski definition) is 9. The van der Waals surface area contributed by atoms with Crippen molar-refractivity contribution in [3.8, 4) is 28.1 Å². The number of rotatable bonds is 7. The molecule has 5 heterocycles. The van der Waals surface area contributed by atoms with Crippen molar-refractivity contribution >= 4 is 12.0 Å². The summed E-state index contributed by atoms with van der Waals surface area (Å²) < 4.78 is 98.4. The summed E-state index contributed by atoms with van der Waals surface area (Å²) in [6, 6.07) is 2.01. The first-order valence-corrected chi connectivity index (χ1v) is 15.2. The molecule has 6 rings (SSSR count). The van der Waals surface area contributed by atoms with Crippen LogP contribution in [-0.4, -0.2) is 75.6 Å². The zero-order chi connectivity index (χ0) is 35.2. The first-order valence-electron chi connectivity index (χ1n) is 15.2. The number of pyridine rings is 1. The van der Waals surface area contributed by atoms with Crippen LogP contribution in [0.1, 0.15) is 46.8 Å². The van der Waals surface area contributed by atoms with E-state index in [-0.39, 0.29) is 18.5 Å². The Hall–Kier alpha value is -4.93. The molecule has 0 saturated carbocycles. The molecule has 260 valence electrons. The minimum Gasteiger partial charge on any atom is -0.481 e. The summed E-state index contributed by atoms with van der Waals surface area (Å²) in [6.07, 6.45) is -9.32. The lowest BCUT2D eigenvalue weighted by atomic mass is 9.97. The standard InChI is InChI=1S/C32H31F6N7O4/c1-16-26(17(2)43-42-16)20-11-23(28(47-4)39-13-20)24-14-40-29(44-5-7-48-8-6-44)41-25(24)15-45-18(3)27(49-30(45)46)19-9-21(31(33,34)35)12-22(10-19)32(36,37)38/h9-14,18,27H,5-8,15H2,1-4H3,(H,42,43). The van der Waals surface area contributed by atoms with Gasteiger partial charge in [-0.2, -0.15) is 31.4 Å². The molecule has 49 heavy (non-hydrogen) atoms. The van der Waals surface area contributed by atoms with E-state index in [9.17, 15) is 31.1 Å². The van der Waals surface area contributed by atoms with Gasteiger partial charge in [-0.1, -0.05) is 0 Å². The Labute approximate surface area is 276 Å². The van der Waals surface area contributed by atoms with Gasteiger partial charge in [0.05, 0.1) is 55.4 Å². The third-order valence-electron chi connectivity index (χ3n) is 8.55. The monoisotopic (exact) mass is 691 g/mol. The fraction of sp³-hybridized carbons (Fsp3) is 0.406. The van der Waals surface area contributed by atoms with E-state index < -0.39 is 47.3 Å². The summed E-state index contributed by atoms with van der Waals surface area (Å²) in [7, 11) is 1.44. The second-order valence-corrected chi connectivity index (χ2v) is 11.7. The highest BCUT2D eigenvalue weighted by Crippen LogP contribution is 2.42. The second kappa shape index (κ2) is 12.8. The minimum atomic E-state index is -5.07. The van der Waals surface area contributed by atoms with Crippen LogP contribution in [0, 0.1) is 13.8 Å². The number of cyclic esters (lactones) is 1. The minimum absolute atomic E-state index is 0.0328. The SMILES string of the molecule is COc1ncc(-c2c(C)n[nH]c2C)cc1-c1cnc(N2CCOCC2)nc1CN1C(=O)OC(c2cc(C(F)(F)F)cc(C(F)(F)F)c2)C1C. The van der Waals surface area contributed by atoms with Crippen LogP contribution in [0.5, 0.6) is 5.88 Å². The van der Waals surface area contributed by atoms with Gasteiger partial charge in [0.25, 0.3) is 0 Å². The Morgan fingerprint density at radius 2 is 1.63 bits per heavy atom. The van der Waals surface area contributed by atoms with Crippen molar-refractivity contribution in [1.29, 1.82) is 0 Å². The molecule has 0 bridgehead atoms. The lowest BCUT2D eigenvalue weighted by molar-refractivity contribution is -0.143. The molecule has 3 aromatic heterocycles. The van der Waals surface area contributed by atoms with Crippen LogP contribution >= 0.6 is 0 Å². The second-order valence-electron chi connectivity index (χ2n) is 11.7. The first kappa shape index (κ1) is 34.0. The van der Waals surface area contributed by atoms with Crippen molar-refractivity contribution in [3.63, 3.8) is 0 Å². The number of aryl methyl sites for hydroxylation is 2. The Morgan fingerprint density at radius 1 is 0.959 bits per heavy atom. The number of nitrogens with zero attached hydrogens (tertiary/aromatic N) is 6. The van der Waals surface area contributed by atoms with Crippen LogP contribution in [0.4, 0.5) is 37.1 Å². The molecule has 4 aromatic rings. The van der Waals surface area contributed by atoms with Crippen molar-refractivity contribution in [2.24, 2.45) is 0 Å². The highest BCUT2D eigenvalue weighted by molar-refractivity contribution is 5.79. The Morgan fingerprint density at radius 3 is 2.22 bits per heavy atom. The number of nitrogens with one attached hydrogen (secondary N) is 1. The molecule has 2 aliphatic rings. The number of amides is 1. The van der Waals surface area contributed by atoms with Gasteiger partial charge in [-0.3, -0.25) is 10.00 Å². The average molecular weight is 692 g/mol. The number of alkyl halides is 6. The number of H-pyrrole nitrogens is 1. The van der Waals surface area contributed by atoms with Crippen molar-refractivity contribution in [2.75, 3.05) is 38.3 Å². The summed E-state index contributed by atoms with van der Waals surface area (Å²) >= 11 is 0. The lowest BCUT2D eigenvalue weighted by Gasteiger charge is -2.28. The molecule has 2 atom stereocenters. The molecule has 2 saturated heterocycles. The van der Waals surface area contributed by atoms with Gasteiger partial charge in [0.1, 0.15) is 6.10 Å². The van der Waals surface area contributed by atoms with Crippen LogP contribution in [-0.2, 0) is 28.4 Å². The number of hydrogen-bond donors (Lipinski definition) is 1. The summed E-state index contributed by atoms with van der Waals surface area (Å²) in [4.78, 5) is 30.3. The molecule has 2 fully saturated rings. The third-order valence-corrected chi connectivity index (χ3v) is 8.55. The number of halogens is 6. The number of carbonyl (C=O) groups is 1. The van der Waals surface area contributed by atoms with Crippen molar-refractivity contribution in [2.45, 2.75) is 51.8 Å². The summed E-state index contributed by atoms with van der Waals surface area (Å²) in [6.45, 7) is 6.85. The highest BCUT2D eigenvalue weighted by Gasteiger charge is 2.44. The Bertz CT molecular complexity index is 1820. The number of ether oxygens (including phenoxy) is 3. The number of aromatic amines is 1. The van der Waals surface area contributed by atoms with E-state index in [2.05, 4.69) is 20.2 Å². The molecular weight excluding hydrogens is 660 g/mol. The number of aromatic nitrogens is 5. The number of methoxy groups -OCH3 is 1. The predicted octanol–water partition coefficient (Wildman–Crippen LogP) is 6.51. The van der Waals surface area contributed by atoms with E-state index in [1.54, 1.807) is 12.4 Å². The number of morpholine rings is 1. The van der Waals surface area contributed by atoms with Gasteiger partial charge < -0.3 is 19.1 Å². The molecular formula is C32H31F6N7O4. The quantitative estimate of drug-likeness (QED) is 0.217. The molecule has 2 aliphatic heterocycles. The topological polar surface area (TPSA) is 119 Å². The molecule has 1 aromatic carbocycles. The normalized spacial score (nSPS) is 18.6. The molecule has 1 amide bonds. The lowest BCUT2D eigenvalue weighted by Crippen LogP contribution is -2.38. The summed E-state index contributed by atoms with van der Waals surface area (Å²) in [5.74, 6) is 0.571. The van der Waals surface area contributed by atoms with Crippen molar-refractivity contribution < 1.29 is 45.3 Å². The number of anilines is 1. The van der Waals surface area contributed by atoms with Crippen LogP contribution in [0.15, 0.2) is 36.7 Å². The van der Waals surface area contributed by atoms with Crippen LogP contribution < -0.4 is 9.64 Å². The predicted molar refractivity (Wildman–Crippen MR) is 163 cm³/mol. The van der Waals surface area contributed by atoms with E-state index in [0.29, 0.717) is 66.8 Å². The fourth-order valence-corrected chi connectivity index (χ4v) is 6.05. The maximum absolute atomic E-state index is 13.7. The number of benzene rings is 1. The van der Waals surface area contributed by atoms with Gasteiger partial charge >= 0.3 is 18.4 Å². The zero-order valence-corrected chi connectivity index (χ0v) is 26.7. The molecule has 17 heteroatoms. The van der Waals surface area contributed by atoms with Gasteiger partial charge in [-0.05, 0) is 50.6 Å². The Kier molecular flexibility index (Phi) is 8.89. The first-order chi connectivity index (χ1) is 23.2. The highest BCUT2D eigenvalue weighted by atomic mass is 19.4. The summed E-state index contributed by atoms with van der Waals surface area (Å²) in [5, 5.41) is 7.21. The zero-order valence-electron chi connectivity index (χ0n) is 26.7. The van der Waals surface area contributed by atoms with E-state index in [1.807, 2.05) is 24.8 Å². The van der Waals surface area contributed by atoms with E-state index in [0.717, 1.165) is 17.0 Å². The van der Waals surface area contributed by atoms with E-state index in [4.69, 9.17) is 19.2 Å². The molecule has 1 N–H and O–H groups in total. The van der Waals surface area contributed by atoms with Crippen LogP contribution in [0.3, 0.4) is 0 Å². The maximum Gasteiger partial charge on any atom is 0.416 e. The summed E-state index contributed by atoms with van der Waals surface area (Å²) in [5.41, 5.74) is 0.853. The van der Waals surface area contributed by atoms with Gasteiger partial charge in [-0.25, -0.2) is 19.7 Å². The van der Waals surface area contributed by atoms with Gasteiger partial charge in [0.2, 0.25) is 11.8 Å². The van der Waals surface area contributed by atoms with Gasteiger partial charge in [0, 0.05) is 53.4 Å².